The minimum Gasteiger partial charge on any atom is -0.493 e. The van der Waals surface area contributed by atoms with Gasteiger partial charge >= 0.3 is 6.61 Å². The number of thioether (sulfide) groups is 1. The number of nitrogens with zero attached hydrogens (tertiary/aromatic N) is 1. The lowest BCUT2D eigenvalue weighted by Gasteiger charge is -2.13. The van der Waals surface area contributed by atoms with E-state index >= 15 is 0 Å². The van der Waals surface area contributed by atoms with Crippen molar-refractivity contribution in [3.05, 3.63) is 76.7 Å². The summed E-state index contributed by atoms with van der Waals surface area (Å²) in [4.78, 5) is 39.0. The normalized spacial score (nSPS) is 14.7. The lowest BCUT2D eigenvalue weighted by molar-refractivity contribution is -0.122. The lowest BCUT2D eigenvalue weighted by atomic mass is 10.0. The van der Waals surface area contributed by atoms with Gasteiger partial charge in [0, 0.05) is 18.7 Å². The summed E-state index contributed by atoms with van der Waals surface area (Å²) in [7, 11) is 1.30. The summed E-state index contributed by atoms with van der Waals surface area (Å²) >= 11 is 0.756. The highest BCUT2D eigenvalue weighted by atomic mass is 32.2. The van der Waals surface area contributed by atoms with E-state index < -0.39 is 17.8 Å². The van der Waals surface area contributed by atoms with Gasteiger partial charge in [0.2, 0.25) is 0 Å². The molecule has 180 valence electrons. The van der Waals surface area contributed by atoms with Crippen LogP contribution < -0.4 is 14.8 Å². The molecule has 0 bridgehead atoms. The topological polar surface area (TPSA) is 84.9 Å². The third kappa shape index (κ3) is 5.43. The van der Waals surface area contributed by atoms with E-state index in [9.17, 15) is 23.2 Å². The maximum atomic E-state index is 12.8. The molecule has 0 radical (unpaired) electrons. The fourth-order valence-electron chi connectivity index (χ4n) is 3.61. The SMILES string of the molecule is COc1cc(/C=C2\SC(=O)N(CCNC(=O)c3cccc4ccccc34)C2=O)ccc1OC(F)F. The van der Waals surface area contributed by atoms with E-state index in [1.165, 1.54) is 31.4 Å². The molecule has 7 nitrogen and oxygen atoms in total. The highest BCUT2D eigenvalue weighted by Gasteiger charge is 2.34. The average Bonchev–Trinajstić information content (AvgIpc) is 3.11. The molecule has 0 aromatic heterocycles. The number of benzene rings is 3. The molecular formula is C25H20F2N2O5S. The van der Waals surface area contributed by atoms with Crippen LogP contribution in [0.5, 0.6) is 11.5 Å². The van der Waals surface area contributed by atoms with Gasteiger partial charge in [0.05, 0.1) is 12.0 Å². The molecule has 35 heavy (non-hydrogen) atoms. The maximum Gasteiger partial charge on any atom is 0.387 e. The molecule has 1 heterocycles. The van der Waals surface area contributed by atoms with Crippen LogP contribution in [-0.4, -0.2) is 48.8 Å². The van der Waals surface area contributed by atoms with Crippen LogP contribution >= 0.6 is 11.8 Å². The van der Waals surface area contributed by atoms with Gasteiger partial charge in [-0.3, -0.25) is 19.3 Å². The second-order valence-electron chi connectivity index (χ2n) is 7.40. The number of rotatable bonds is 8. The van der Waals surface area contributed by atoms with Crippen molar-refractivity contribution in [1.29, 1.82) is 0 Å². The van der Waals surface area contributed by atoms with E-state index in [2.05, 4.69) is 10.1 Å². The molecule has 1 saturated heterocycles. The van der Waals surface area contributed by atoms with Crippen molar-refractivity contribution < 1.29 is 32.6 Å². The van der Waals surface area contributed by atoms with Gasteiger partial charge in [0.15, 0.2) is 11.5 Å². The Kier molecular flexibility index (Phi) is 7.31. The van der Waals surface area contributed by atoms with E-state index in [0.717, 1.165) is 27.4 Å². The summed E-state index contributed by atoms with van der Waals surface area (Å²) < 4.78 is 34.5. The number of ether oxygens (including phenoxy) is 2. The number of imide groups is 1. The van der Waals surface area contributed by atoms with E-state index in [0.29, 0.717) is 11.1 Å². The highest BCUT2D eigenvalue weighted by molar-refractivity contribution is 8.18. The maximum absolute atomic E-state index is 12.8. The summed E-state index contributed by atoms with van der Waals surface area (Å²) in [6, 6.07) is 17.1. The van der Waals surface area contributed by atoms with Crippen LogP contribution in [0.1, 0.15) is 15.9 Å². The minimum absolute atomic E-state index is 0.00298. The standard InChI is InChI=1S/C25H20F2N2O5S/c1-33-20-13-15(9-10-19(20)34-24(26)27)14-21-23(31)29(25(32)35-21)12-11-28-22(30)18-8-4-6-16-5-2-3-7-17(16)18/h2-10,13-14,24H,11-12H2,1H3,(H,28,30)/b21-14-. The Hall–Kier alpha value is -3.92. The van der Waals surface area contributed by atoms with Crippen molar-refractivity contribution in [2.45, 2.75) is 6.61 Å². The Bertz CT molecular complexity index is 1320. The largest absolute Gasteiger partial charge is 0.493 e. The predicted octanol–water partition coefficient (Wildman–Crippen LogP) is 4.92. The number of carbonyl (C=O) groups is 3. The molecule has 1 aliphatic heterocycles. The average molecular weight is 499 g/mol. The molecule has 1 N–H and O–H groups in total. The van der Waals surface area contributed by atoms with Gasteiger partial charge < -0.3 is 14.8 Å². The van der Waals surface area contributed by atoms with Crippen molar-refractivity contribution in [3.63, 3.8) is 0 Å². The molecule has 3 amide bonds. The second-order valence-corrected chi connectivity index (χ2v) is 8.40. The fraction of sp³-hybridized carbons (Fsp3) is 0.160. The molecule has 0 spiro atoms. The van der Waals surface area contributed by atoms with Crippen molar-refractivity contribution in [1.82, 2.24) is 10.2 Å². The molecule has 3 aromatic carbocycles. The molecule has 4 rings (SSSR count). The minimum atomic E-state index is -3.01. The molecule has 1 aliphatic rings. The number of halogens is 2. The van der Waals surface area contributed by atoms with Crippen LogP contribution in [0, 0.1) is 0 Å². The van der Waals surface area contributed by atoms with E-state index in [1.54, 1.807) is 12.1 Å². The highest BCUT2D eigenvalue weighted by Crippen LogP contribution is 2.34. The zero-order valence-corrected chi connectivity index (χ0v) is 19.3. The molecule has 0 unspecified atom stereocenters. The van der Waals surface area contributed by atoms with Gasteiger partial charge in [-0.15, -0.1) is 0 Å². The quantitative estimate of drug-likeness (QED) is 0.444. The van der Waals surface area contributed by atoms with Gasteiger partial charge in [-0.2, -0.15) is 8.78 Å². The molecule has 0 aliphatic carbocycles. The first-order valence-electron chi connectivity index (χ1n) is 10.5. The van der Waals surface area contributed by atoms with Crippen molar-refractivity contribution in [3.8, 4) is 11.5 Å². The number of fused-ring (bicyclic) bond motifs is 1. The Labute approximate surface area is 203 Å². The molecular weight excluding hydrogens is 478 g/mol. The van der Waals surface area contributed by atoms with E-state index in [-0.39, 0.29) is 35.4 Å². The van der Waals surface area contributed by atoms with Crippen LogP contribution in [-0.2, 0) is 4.79 Å². The molecule has 0 atom stereocenters. The number of carbonyl (C=O) groups excluding carboxylic acids is 3. The van der Waals surface area contributed by atoms with Crippen molar-refractivity contribution in [2.75, 3.05) is 20.2 Å². The summed E-state index contributed by atoms with van der Waals surface area (Å²) in [5.41, 5.74) is 0.976. The van der Waals surface area contributed by atoms with Crippen LogP contribution in [0.2, 0.25) is 0 Å². The summed E-state index contributed by atoms with van der Waals surface area (Å²) in [6.45, 7) is -2.92. The summed E-state index contributed by atoms with van der Waals surface area (Å²) in [5, 5.41) is 4.03. The zero-order chi connectivity index (χ0) is 24.9. The van der Waals surface area contributed by atoms with Gasteiger partial charge in [-0.25, -0.2) is 0 Å². The first-order valence-corrected chi connectivity index (χ1v) is 11.3. The van der Waals surface area contributed by atoms with Gasteiger partial charge in [0.1, 0.15) is 0 Å². The Morgan fingerprint density at radius 3 is 2.63 bits per heavy atom. The predicted molar refractivity (Wildman–Crippen MR) is 129 cm³/mol. The summed E-state index contributed by atoms with van der Waals surface area (Å²) in [6.07, 6.45) is 1.47. The van der Waals surface area contributed by atoms with Crippen molar-refractivity contribution in [2.24, 2.45) is 0 Å². The molecule has 10 heteroatoms. The fourth-order valence-corrected chi connectivity index (χ4v) is 4.48. The smallest absolute Gasteiger partial charge is 0.387 e. The number of methoxy groups -OCH3 is 1. The van der Waals surface area contributed by atoms with E-state index in [1.807, 2.05) is 30.3 Å². The Morgan fingerprint density at radius 1 is 1.09 bits per heavy atom. The molecule has 1 fully saturated rings. The number of hydrogen-bond acceptors (Lipinski definition) is 6. The number of nitrogens with one attached hydrogen (secondary N) is 1. The van der Waals surface area contributed by atoms with Crippen molar-refractivity contribution >= 4 is 45.7 Å². The van der Waals surface area contributed by atoms with Crippen LogP contribution in [0.3, 0.4) is 0 Å². The van der Waals surface area contributed by atoms with Crippen LogP contribution in [0.25, 0.3) is 16.8 Å². The third-order valence-corrected chi connectivity index (χ3v) is 6.14. The zero-order valence-electron chi connectivity index (χ0n) is 18.5. The lowest BCUT2D eigenvalue weighted by Crippen LogP contribution is -2.37. The number of amides is 3. The summed E-state index contributed by atoms with van der Waals surface area (Å²) in [5.74, 6) is -0.891. The number of alkyl halides is 2. The van der Waals surface area contributed by atoms with Crippen LogP contribution in [0.4, 0.5) is 13.6 Å². The third-order valence-electron chi connectivity index (χ3n) is 5.23. The van der Waals surface area contributed by atoms with Gasteiger partial charge in [-0.1, -0.05) is 42.5 Å². The first-order chi connectivity index (χ1) is 16.9. The van der Waals surface area contributed by atoms with Gasteiger partial charge in [-0.05, 0) is 52.4 Å². The van der Waals surface area contributed by atoms with E-state index in [4.69, 9.17) is 4.74 Å². The number of hydrogen-bond donors (Lipinski definition) is 1. The van der Waals surface area contributed by atoms with Gasteiger partial charge in [0.25, 0.3) is 17.1 Å². The monoisotopic (exact) mass is 498 g/mol. The first kappa shape index (κ1) is 24.2. The molecule has 3 aromatic rings. The molecule has 0 saturated carbocycles. The Balaban J connectivity index is 1.41. The second kappa shape index (κ2) is 10.6. The Morgan fingerprint density at radius 2 is 1.86 bits per heavy atom. The van der Waals surface area contributed by atoms with Crippen LogP contribution in [0.15, 0.2) is 65.6 Å².